The van der Waals surface area contributed by atoms with Gasteiger partial charge in [0.25, 0.3) is 0 Å². The number of hydrogen-bond acceptors (Lipinski definition) is 4. The van der Waals surface area contributed by atoms with Gasteiger partial charge in [-0.1, -0.05) is 17.7 Å². The highest BCUT2D eigenvalue weighted by Crippen LogP contribution is 2.31. The maximum atomic E-state index is 6.18. The van der Waals surface area contributed by atoms with Gasteiger partial charge < -0.3 is 4.74 Å². The van der Waals surface area contributed by atoms with Gasteiger partial charge in [-0.05, 0) is 35.4 Å². The molecule has 19 heavy (non-hydrogen) atoms. The van der Waals surface area contributed by atoms with Gasteiger partial charge in [-0.15, -0.1) is 0 Å². The second kappa shape index (κ2) is 5.17. The summed E-state index contributed by atoms with van der Waals surface area (Å²) < 4.78 is 5.50. The number of hydrogen-bond donors (Lipinski definition) is 2. The standard InChI is InChI=1S/C14H14ClN3O/c15-11-2-1-6-17-14(11)13(18-16)10-3-4-12-9(8-10)5-7-19-12/h1-4,6,8,13,18H,5,7,16H2. The molecule has 1 atom stereocenters. The minimum atomic E-state index is -0.223. The Hall–Kier alpha value is -1.62. The first-order valence-electron chi connectivity index (χ1n) is 6.12. The fourth-order valence-corrected chi connectivity index (χ4v) is 2.56. The van der Waals surface area contributed by atoms with E-state index in [0.717, 1.165) is 30.0 Å². The van der Waals surface area contributed by atoms with Crippen molar-refractivity contribution in [2.75, 3.05) is 6.61 Å². The van der Waals surface area contributed by atoms with E-state index in [1.807, 2.05) is 18.2 Å². The van der Waals surface area contributed by atoms with Crippen LogP contribution in [0.1, 0.15) is 22.9 Å². The third-order valence-electron chi connectivity index (χ3n) is 3.27. The molecule has 0 spiro atoms. The summed E-state index contributed by atoms with van der Waals surface area (Å²) in [7, 11) is 0. The first-order chi connectivity index (χ1) is 9.29. The molecule has 5 heteroatoms. The highest BCUT2D eigenvalue weighted by molar-refractivity contribution is 6.31. The van der Waals surface area contributed by atoms with Gasteiger partial charge in [0.05, 0.1) is 23.4 Å². The maximum absolute atomic E-state index is 6.18. The van der Waals surface area contributed by atoms with Gasteiger partial charge in [-0.2, -0.15) is 0 Å². The molecular weight excluding hydrogens is 262 g/mol. The molecule has 0 bridgehead atoms. The van der Waals surface area contributed by atoms with E-state index in [-0.39, 0.29) is 6.04 Å². The van der Waals surface area contributed by atoms with E-state index in [9.17, 15) is 0 Å². The zero-order valence-corrected chi connectivity index (χ0v) is 11.0. The number of halogens is 1. The van der Waals surface area contributed by atoms with Crippen LogP contribution in [0.25, 0.3) is 0 Å². The van der Waals surface area contributed by atoms with E-state index in [2.05, 4.69) is 16.5 Å². The first kappa shape index (κ1) is 12.4. The number of nitrogens with zero attached hydrogens (tertiary/aromatic N) is 1. The van der Waals surface area contributed by atoms with Crippen LogP contribution >= 0.6 is 11.6 Å². The molecule has 0 amide bonds. The summed E-state index contributed by atoms with van der Waals surface area (Å²) >= 11 is 6.18. The summed E-state index contributed by atoms with van der Waals surface area (Å²) in [6, 6.07) is 9.44. The van der Waals surface area contributed by atoms with Gasteiger partial charge in [0, 0.05) is 12.6 Å². The molecule has 1 aliphatic heterocycles. The van der Waals surface area contributed by atoms with Crippen LogP contribution in [-0.4, -0.2) is 11.6 Å². The monoisotopic (exact) mass is 275 g/mol. The van der Waals surface area contributed by atoms with Gasteiger partial charge in [0.1, 0.15) is 5.75 Å². The Bertz CT molecular complexity index is 603. The summed E-state index contributed by atoms with van der Waals surface area (Å²) in [5.74, 6) is 6.62. The number of ether oxygens (including phenoxy) is 1. The van der Waals surface area contributed by atoms with Crippen molar-refractivity contribution in [3.63, 3.8) is 0 Å². The zero-order valence-electron chi connectivity index (χ0n) is 10.3. The Morgan fingerprint density at radius 1 is 1.37 bits per heavy atom. The van der Waals surface area contributed by atoms with E-state index < -0.39 is 0 Å². The summed E-state index contributed by atoms with van der Waals surface area (Å²) in [5, 5.41) is 0.599. The van der Waals surface area contributed by atoms with Crippen LogP contribution in [0.5, 0.6) is 5.75 Å². The predicted octanol–water partition coefficient (Wildman–Crippen LogP) is 2.22. The number of fused-ring (bicyclic) bond motifs is 1. The van der Waals surface area contributed by atoms with Crippen LogP contribution < -0.4 is 16.0 Å². The lowest BCUT2D eigenvalue weighted by atomic mass is 10.00. The van der Waals surface area contributed by atoms with Crippen LogP contribution in [0.4, 0.5) is 0 Å². The molecule has 1 aromatic heterocycles. The topological polar surface area (TPSA) is 60.2 Å². The van der Waals surface area contributed by atoms with E-state index in [4.69, 9.17) is 22.2 Å². The summed E-state index contributed by atoms with van der Waals surface area (Å²) in [4.78, 5) is 4.31. The molecule has 0 fully saturated rings. The number of nitrogens with one attached hydrogen (secondary N) is 1. The molecule has 0 saturated heterocycles. The molecule has 1 aliphatic rings. The number of pyridine rings is 1. The molecule has 1 unspecified atom stereocenters. The lowest BCUT2D eigenvalue weighted by molar-refractivity contribution is 0.357. The van der Waals surface area contributed by atoms with E-state index in [1.165, 1.54) is 5.56 Å². The molecule has 4 nitrogen and oxygen atoms in total. The Morgan fingerprint density at radius 3 is 3.05 bits per heavy atom. The van der Waals surface area contributed by atoms with Crippen molar-refractivity contribution < 1.29 is 4.74 Å². The zero-order chi connectivity index (χ0) is 13.2. The van der Waals surface area contributed by atoms with E-state index in [1.54, 1.807) is 12.3 Å². The second-order valence-corrected chi connectivity index (χ2v) is 4.84. The Kier molecular flexibility index (Phi) is 3.38. The van der Waals surface area contributed by atoms with Crippen LogP contribution in [0.2, 0.25) is 5.02 Å². The smallest absolute Gasteiger partial charge is 0.122 e. The number of rotatable bonds is 3. The lowest BCUT2D eigenvalue weighted by Crippen LogP contribution is -2.29. The van der Waals surface area contributed by atoms with Crippen LogP contribution in [0.3, 0.4) is 0 Å². The van der Waals surface area contributed by atoms with Gasteiger partial charge in [-0.3, -0.25) is 10.8 Å². The van der Waals surface area contributed by atoms with Gasteiger partial charge in [-0.25, -0.2) is 5.43 Å². The molecule has 3 rings (SSSR count). The third kappa shape index (κ3) is 2.30. The Morgan fingerprint density at radius 2 is 2.26 bits per heavy atom. The van der Waals surface area contributed by atoms with Gasteiger partial charge >= 0.3 is 0 Å². The third-order valence-corrected chi connectivity index (χ3v) is 3.59. The lowest BCUT2D eigenvalue weighted by Gasteiger charge is -2.17. The van der Waals surface area contributed by atoms with Crippen molar-refractivity contribution in [3.8, 4) is 5.75 Å². The molecule has 0 radical (unpaired) electrons. The quantitative estimate of drug-likeness (QED) is 0.666. The molecule has 3 N–H and O–H groups in total. The minimum Gasteiger partial charge on any atom is -0.493 e. The number of hydrazine groups is 1. The average Bonchev–Trinajstić information content (AvgIpc) is 2.89. The highest BCUT2D eigenvalue weighted by Gasteiger charge is 2.20. The van der Waals surface area contributed by atoms with Crippen LogP contribution in [0, 0.1) is 0 Å². The fourth-order valence-electron chi connectivity index (χ4n) is 2.33. The van der Waals surface area contributed by atoms with Gasteiger partial charge in [0.15, 0.2) is 0 Å². The summed E-state index contributed by atoms with van der Waals surface area (Å²) in [6.45, 7) is 0.740. The maximum Gasteiger partial charge on any atom is 0.122 e. The van der Waals surface area contributed by atoms with Crippen molar-refractivity contribution in [1.29, 1.82) is 0 Å². The molecule has 0 saturated carbocycles. The van der Waals surface area contributed by atoms with Crippen molar-refractivity contribution in [2.24, 2.45) is 5.84 Å². The number of aromatic nitrogens is 1. The predicted molar refractivity (Wildman–Crippen MR) is 74.1 cm³/mol. The summed E-state index contributed by atoms with van der Waals surface area (Å²) in [5.41, 5.74) is 5.74. The normalized spacial score (nSPS) is 14.8. The molecular formula is C14H14ClN3O. The number of nitrogens with two attached hydrogens (primary N) is 1. The molecule has 2 heterocycles. The van der Waals surface area contributed by atoms with Crippen molar-refractivity contribution in [1.82, 2.24) is 10.4 Å². The van der Waals surface area contributed by atoms with Crippen molar-refractivity contribution >= 4 is 11.6 Å². The number of benzene rings is 1. The van der Waals surface area contributed by atoms with Crippen molar-refractivity contribution in [3.05, 3.63) is 58.4 Å². The minimum absolute atomic E-state index is 0.223. The summed E-state index contributed by atoms with van der Waals surface area (Å²) in [6.07, 6.45) is 2.64. The Balaban J connectivity index is 2.01. The second-order valence-electron chi connectivity index (χ2n) is 4.44. The molecule has 1 aromatic carbocycles. The van der Waals surface area contributed by atoms with Crippen molar-refractivity contribution in [2.45, 2.75) is 12.5 Å². The first-order valence-corrected chi connectivity index (χ1v) is 6.49. The molecule has 0 aliphatic carbocycles. The average molecular weight is 276 g/mol. The van der Waals surface area contributed by atoms with Crippen LogP contribution in [0.15, 0.2) is 36.5 Å². The highest BCUT2D eigenvalue weighted by atomic mass is 35.5. The van der Waals surface area contributed by atoms with Gasteiger partial charge in [0.2, 0.25) is 0 Å². The largest absolute Gasteiger partial charge is 0.493 e. The SMILES string of the molecule is NNC(c1ccc2c(c1)CCO2)c1ncccc1Cl. The fraction of sp³-hybridized carbons (Fsp3) is 0.214. The van der Waals surface area contributed by atoms with Crippen LogP contribution in [-0.2, 0) is 6.42 Å². The molecule has 2 aromatic rings. The Labute approximate surface area is 116 Å². The van der Waals surface area contributed by atoms with E-state index >= 15 is 0 Å². The van der Waals surface area contributed by atoms with E-state index in [0.29, 0.717) is 5.02 Å². The molecule has 98 valence electrons.